The quantitative estimate of drug-likeness (QED) is 0.824. The average molecular weight is 220 g/mol. The van der Waals surface area contributed by atoms with Crippen molar-refractivity contribution in [2.45, 2.75) is 20.4 Å². The van der Waals surface area contributed by atoms with Crippen molar-refractivity contribution >= 4 is 0 Å². The number of hydrogen-bond acceptors (Lipinski definition) is 3. The van der Waals surface area contributed by atoms with Crippen molar-refractivity contribution in [1.29, 1.82) is 0 Å². The lowest BCUT2D eigenvalue weighted by molar-refractivity contribution is 0.538. The molecule has 0 aromatic carbocycles. The van der Waals surface area contributed by atoms with Crippen molar-refractivity contribution in [1.82, 2.24) is 9.55 Å². The maximum Gasteiger partial charge on any atom is 0.328 e. The number of hydrogen-bond donors (Lipinski definition) is 1. The largest absolute Gasteiger partial charge is 0.460 e. The molecule has 0 spiro atoms. The van der Waals surface area contributed by atoms with Crippen LogP contribution in [-0.4, -0.2) is 9.55 Å². The lowest BCUT2D eigenvalue weighted by atomic mass is 10.3. The van der Waals surface area contributed by atoms with E-state index in [1.54, 1.807) is 12.1 Å². The molecule has 0 saturated carbocycles. The molecule has 2 aromatic heterocycles. The van der Waals surface area contributed by atoms with Crippen molar-refractivity contribution in [2.75, 3.05) is 0 Å². The molecule has 1 N–H and O–H groups in total. The number of aromatic nitrogens is 2. The van der Waals surface area contributed by atoms with Gasteiger partial charge in [0.05, 0.1) is 5.69 Å². The Balaban J connectivity index is 2.73. The lowest BCUT2D eigenvalue weighted by Gasteiger charge is -2.06. The Kier molecular flexibility index (Phi) is 2.52. The summed E-state index contributed by atoms with van der Waals surface area (Å²) in [7, 11) is 0. The molecule has 2 rings (SSSR count). The summed E-state index contributed by atoms with van der Waals surface area (Å²) in [6.45, 7) is 4.12. The van der Waals surface area contributed by atoms with E-state index in [1.807, 2.05) is 13.8 Å². The van der Waals surface area contributed by atoms with E-state index in [9.17, 15) is 9.59 Å². The summed E-state index contributed by atoms with van der Waals surface area (Å²) >= 11 is 0. The van der Waals surface area contributed by atoms with Gasteiger partial charge in [-0.1, -0.05) is 0 Å². The van der Waals surface area contributed by atoms with Crippen LogP contribution in [0.2, 0.25) is 0 Å². The van der Waals surface area contributed by atoms with Crippen molar-refractivity contribution in [3.8, 4) is 11.5 Å². The highest BCUT2D eigenvalue weighted by molar-refractivity contribution is 5.52. The smallest absolute Gasteiger partial charge is 0.328 e. The van der Waals surface area contributed by atoms with Gasteiger partial charge in [-0.25, -0.2) is 4.79 Å². The fourth-order valence-corrected chi connectivity index (χ4v) is 1.61. The topological polar surface area (TPSA) is 68.0 Å². The zero-order valence-corrected chi connectivity index (χ0v) is 9.11. The minimum atomic E-state index is -0.418. The fourth-order valence-electron chi connectivity index (χ4n) is 1.61. The molecule has 0 aliphatic heterocycles. The van der Waals surface area contributed by atoms with Crippen LogP contribution in [0.3, 0.4) is 0 Å². The molecule has 0 unspecified atom stereocenters. The van der Waals surface area contributed by atoms with E-state index in [2.05, 4.69) is 4.98 Å². The molecule has 2 heterocycles. The number of rotatable bonds is 2. The number of H-pyrrole nitrogens is 1. The maximum absolute atomic E-state index is 11.5. The number of aryl methyl sites for hydroxylation is 1. The lowest BCUT2D eigenvalue weighted by Crippen LogP contribution is -2.30. The zero-order valence-electron chi connectivity index (χ0n) is 9.11. The molecule has 84 valence electrons. The second-order valence-corrected chi connectivity index (χ2v) is 3.48. The second-order valence-electron chi connectivity index (χ2n) is 3.48. The van der Waals surface area contributed by atoms with Gasteiger partial charge in [-0.15, -0.1) is 0 Å². The van der Waals surface area contributed by atoms with Gasteiger partial charge in [0.25, 0.3) is 5.56 Å². The highest BCUT2D eigenvalue weighted by atomic mass is 16.3. The van der Waals surface area contributed by atoms with Crippen LogP contribution < -0.4 is 11.2 Å². The Morgan fingerprint density at radius 2 is 2.12 bits per heavy atom. The predicted octanol–water partition coefficient (Wildman–Crippen LogP) is 1.12. The molecule has 0 fully saturated rings. The highest BCUT2D eigenvalue weighted by Crippen LogP contribution is 2.19. The van der Waals surface area contributed by atoms with Crippen LogP contribution in [0.15, 0.2) is 32.2 Å². The number of nitrogens with one attached hydrogen (secondary N) is 1. The first-order valence-corrected chi connectivity index (χ1v) is 5.03. The van der Waals surface area contributed by atoms with Crippen LogP contribution in [0.5, 0.6) is 0 Å². The van der Waals surface area contributed by atoms with Crippen molar-refractivity contribution in [2.24, 2.45) is 0 Å². The van der Waals surface area contributed by atoms with E-state index < -0.39 is 11.2 Å². The minimum absolute atomic E-state index is 0.418. The summed E-state index contributed by atoms with van der Waals surface area (Å²) < 4.78 is 6.87. The molecule has 2 aromatic rings. The average Bonchev–Trinajstić information content (AvgIpc) is 2.63. The first kappa shape index (κ1) is 10.5. The van der Waals surface area contributed by atoms with Crippen LogP contribution in [-0.2, 0) is 6.54 Å². The molecule has 0 aliphatic rings. The fraction of sp³-hybridized carbons (Fsp3) is 0.273. The summed E-state index contributed by atoms with van der Waals surface area (Å²) in [6, 6.07) is 4.90. The van der Waals surface area contributed by atoms with Gasteiger partial charge in [0, 0.05) is 12.6 Å². The molecule has 0 aliphatic carbocycles. The third-order valence-corrected chi connectivity index (χ3v) is 2.34. The number of furan rings is 1. The van der Waals surface area contributed by atoms with Crippen LogP contribution >= 0.6 is 0 Å². The Hall–Kier alpha value is -2.04. The molecular weight excluding hydrogens is 208 g/mol. The standard InChI is InChI=1S/C11H12N2O3/c1-3-13-8(6-10(14)12-11(13)15)9-5-4-7(2)16-9/h4-6H,3H2,1-2H3,(H,12,14,15). The second kappa shape index (κ2) is 3.84. The zero-order chi connectivity index (χ0) is 11.7. The van der Waals surface area contributed by atoms with Crippen LogP contribution in [0.25, 0.3) is 11.5 Å². The highest BCUT2D eigenvalue weighted by Gasteiger charge is 2.09. The molecule has 0 amide bonds. The molecule has 0 saturated heterocycles. The van der Waals surface area contributed by atoms with Gasteiger partial charge in [0.1, 0.15) is 5.76 Å². The molecule has 0 radical (unpaired) electrons. The van der Waals surface area contributed by atoms with E-state index in [1.165, 1.54) is 10.6 Å². The Morgan fingerprint density at radius 1 is 1.38 bits per heavy atom. The first-order chi connectivity index (χ1) is 7.61. The summed E-state index contributed by atoms with van der Waals surface area (Å²) in [4.78, 5) is 25.0. The van der Waals surface area contributed by atoms with Crippen LogP contribution in [0, 0.1) is 6.92 Å². The van der Waals surface area contributed by atoms with Gasteiger partial charge < -0.3 is 4.42 Å². The molecule has 5 nitrogen and oxygen atoms in total. The number of aromatic amines is 1. The first-order valence-electron chi connectivity index (χ1n) is 5.03. The van der Waals surface area contributed by atoms with Crippen molar-refractivity contribution < 1.29 is 4.42 Å². The Morgan fingerprint density at radius 3 is 2.69 bits per heavy atom. The molecule has 0 atom stereocenters. The van der Waals surface area contributed by atoms with Gasteiger partial charge in [-0.3, -0.25) is 14.3 Å². The summed E-state index contributed by atoms with van der Waals surface area (Å²) in [6.07, 6.45) is 0. The van der Waals surface area contributed by atoms with E-state index >= 15 is 0 Å². The summed E-state index contributed by atoms with van der Waals surface area (Å²) in [5.74, 6) is 1.27. The van der Waals surface area contributed by atoms with E-state index in [0.29, 0.717) is 18.0 Å². The summed E-state index contributed by atoms with van der Waals surface area (Å²) in [5, 5.41) is 0. The van der Waals surface area contributed by atoms with Gasteiger partial charge in [0.15, 0.2) is 5.76 Å². The minimum Gasteiger partial charge on any atom is -0.460 e. The van der Waals surface area contributed by atoms with Gasteiger partial charge >= 0.3 is 5.69 Å². The van der Waals surface area contributed by atoms with Gasteiger partial charge in [-0.2, -0.15) is 0 Å². The summed E-state index contributed by atoms with van der Waals surface area (Å²) in [5.41, 5.74) is -0.331. The van der Waals surface area contributed by atoms with E-state index in [0.717, 1.165) is 5.76 Å². The number of nitrogens with zero attached hydrogens (tertiary/aromatic N) is 1. The Bertz CT molecular complexity index is 619. The van der Waals surface area contributed by atoms with E-state index in [4.69, 9.17) is 4.42 Å². The molecular formula is C11H12N2O3. The van der Waals surface area contributed by atoms with Crippen LogP contribution in [0.4, 0.5) is 0 Å². The third-order valence-electron chi connectivity index (χ3n) is 2.34. The third kappa shape index (κ3) is 1.71. The monoisotopic (exact) mass is 220 g/mol. The molecule has 0 bridgehead atoms. The molecule has 5 heteroatoms. The molecule has 16 heavy (non-hydrogen) atoms. The van der Waals surface area contributed by atoms with E-state index in [-0.39, 0.29) is 0 Å². The maximum atomic E-state index is 11.5. The van der Waals surface area contributed by atoms with Gasteiger partial charge in [0.2, 0.25) is 0 Å². The normalized spacial score (nSPS) is 10.6. The van der Waals surface area contributed by atoms with Gasteiger partial charge in [-0.05, 0) is 26.0 Å². The van der Waals surface area contributed by atoms with Crippen LogP contribution in [0.1, 0.15) is 12.7 Å². The predicted molar refractivity (Wildman–Crippen MR) is 59.4 cm³/mol. The van der Waals surface area contributed by atoms with Crippen molar-refractivity contribution in [3.05, 3.63) is 44.8 Å². The SMILES string of the molecule is CCn1c(-c2ccc(C)o2)cc(=O)[nH]c1=O. The Labute approximate surface area is 91.3 Å². The van der Waals surface area contributed by atoms with Crippen molar-refractivity contribution in [3.63, 3.8) is 0 Å².